The molecule has 0 aliphatic rings. The molecule has 2 heterocycles. The Hall–Kier alpha value is -1.36. The Morgan fingerprint density at radius 3 is 2.50 bits per heavy atom. The van der Waals surface area contributed by atoms with Crippen molar-refractivity contribution in [1.82, 2.24) is 9.97 Å². The molecule has 0 aliphatic carbocycles. The Kier molecular flexibility index (Phi) is 5.17. The highest BCUT2D eigenvalue weighted by molar-refractivity contribution is 7.18. The normalized spacial score (nSPS) is 11.0. The second-order valence-corrected chi connectivity index (χ2v) is 5.87. The van der Waals surface area contributed by atoms with Gasteiger partial charge in [-0.1, -0.05) is 13.8 Å². The van der Waals surface area contributed by atoms with Gasteiger partial charge < -0.3 is 10.2 Å². The molecule has 2 aromatic heterocycles. The Morgan fingerprint density at radius 1 is 1.15 bits per heavy atom. The summed E-state index contributed by atoms with van der Waals surface area (Å²) < 4.78 is 0. The summed E-state index contributed by atoms with van der Waals surface area (Å²) in [6, 6.07) is 2.25. The van der Waals surface area contributed by atoms with Crippen LogP contribution in [-0.4, -0.2) is 29.6 Å². The summed E-state index contributed by atoms with van der Waals surface area (Å²) in [7, 11) is 0. The third-order valence-electron chi connectivity index (χ3n) is 3.37. The first kappa shape index (κ1) is 15.0. The van der Waals surface area contributed by atoms with Gasteiger partial charge in [0, 0.05) is 24.5 Å². The average molecular weight is 292 g/mol. The van der Waals surface area contributed by atoms with Gasteiger partial charge in [0.2, 0.25) is 5.95 Å². The number of rotatable bonds is 7. The molecule has 20 heavy (non-hydrogen) atoms. The van der Waals surface area contributed by atoms with Crippen LogP contribution in [0.2, 0.25) is 0 Å². The molecule has 0 atom stereocenters. The van der Waals surface area contributed by atoms with E-state index in [1.54, 1.807) is 11.3 Å². The number of aryl methyl sites for hydroxylation is 1. The maximum Gasteiger partial charge on any atom is 0.226 e. The molecule has 0 radical (unpaired) electrons. The van der Waals surface area contributed by atoms with Crippen molar-refractivity contribution in [2.24, 2.45) is 0 Å². The lowest BCUT2D eigenvalue weighted by Gasteiger charge is -2.21. The van der Waals surface area contributed by atoms with E-state index in [2.05, 4.69) is 49.0 Å². The van der Waals surface area contributed by atoms with E-state index in [4.69, 9.17) is 4.98 Å². The van der Waals surface area contributed by atoms with Crippen LogP contribution in [0.1, 0.15) is 39.0 Å². The zero-order chi connectivity index (χ0) is 14.5. The minimum absolute atomic E-state index is 0.755. The van der Waals surface area contributed by atoms with E-state index in [9.17, 15) is 0 Å². The van der Waals surface area contributed by atoms with E-state index in [1.165, 1.54) is 10.3 Å². The Balaban J connectivity index is 2.51. The quantitative estimate of drug-likeness (QED) is 0.839. The first-order chi connectivity index (χ1) is 9.73. The summed E-state index contributed by atoms with van der Waals surface area (Å²) in [5.41, 5.74) is 0. The van der Waals surface area contributed by atoms with Gasteiger partial charge in [-0.15, -0.1) is 11.3 Å². The van der Waals surface area contributed by atoms with Gasteiger partial charge in [-0.3, -0.25) is 0 Å². The fraction of sp³-hybridized carbons (Fsp3) is 0.600. The fourth-order valence-electron chi connectivity index (χ4n) is 2.21. The Labute approximate surface area is 125 Å². The minimum Gasteiger partial charge on any atom is -0.356 e. The maximum atomic E-state index is 4.74. The molecular weight excluding hydrogens is 268 g/mol. The number of nitrogens with one attached hydrogen (secondary N) is 1. The molecule has 0 aliphatic heterocycles. The molecule has 0 unspecified atom stereocenters. The predicted molar refractivity (Wildman–Crippen MR) is 89.1 cm³/mol. The second-order valence-electron chi connectivity index (χ2n) is 4.75. The van der Waals surface area contributed by atoms with Crippen molar-refractivity contribution in [1.29, 1.82) is 0 Å². The lowest BCUT2D eigenvalue weighted by molar-refractivity contribution is 0.847. The predicted octanol–water partition coefficient (Wildman–Crippen LogP) is 3.92. The van der Waals surface area contributed by atoms with Crippen molar-refractivity contribution in [3.05, 3.63) is 10.9 Å². The van der Waals surface area contributed by atoms with Gasteiger partial charge in [0.25, 0.3) is 0 Å². The highest BCUT2D eigenvalue weighted by atomic mass is 32.1. The zero-order valence-electron chi connectivity index (χ0n) is 12.9. The van der Waals surface area contributed by atoms with Crippen LogP contribution in [-0.2, 0) is 6.42 Å². The maximum absolute atomic E-state index is 4.74. The molecule has 0 fully saturated rings. The molecule has 2 aromatic rings. The van der Waals surface area contributed by atoms with E-state index in [0.29, 0.717) is 0 Å². The molecule has 0 saturated heterocycles. The lowest BCUT2D eigenvalue weighted by atomic mass is 10.3. The van der Waals surface area contributed by atoms with Crippen molar-refractivity contribution in [2.75, 3.05) is 29.9 Å². The van der Waals surface area contributed by atoms with Crippen LogP contribution in [0.25, 0.3) is 10.2 Å². The monoisotopic (exact) mass is 292 g/mol. The van der Waals surface area contributed by atoms with Gasteiger partial charge in [0.15, 0.2) is 0 Å². The smallest absolute Gasteiger partial charge is 0.226 e. The number of hydrogen-bond acceptors (Lipinski definition) is 5. The van der Waals surface area contributed by atoms with Gasteiger partial charge >= 0.3 is 0 Å². The molecule has 2 rings (SSSR count). The SMILES string of the molecule is CCCNc1nc(N(CC)CC)c2cc(CC)sc2n1. The molecule has 0 bridgehead atoms. The topological polar surface area (TPSA) is 41.1 Å². The minimum atomic E-state index is 0.755. The zero-order valence-corrected chi connectivity index (χ0v) is 13.7. The number of anilines is 2. The second kappa shape index (κ2) is 6.88. The summed E-state index contributed by atoms with van der Waals surface area (Å²) in [4.78, 5) is 14.2. The van der Waals surface area contributed by atoms with E-state index < -0.39 is 0 Å². The molecule has 1 N–H and O–H groups in total. The van der Waals surface area contributed by atoms with E-state index in [-0.39, 0.29) is 0 Å². The molecule has 0 spiro atoms. The molecule has 4 nitrogen and oxygen atoms in total. The first-order valence-corrected chi connectivity index (χ1v) is 8.34. The summed E-state index contributed by atoms with van der Waals surface area (Å²) in [6.45, 7) is 11.5. The molecule has 0 saturated carbocycles. The molecule has 0 aromatic carbocycles. The summed E-state index contributed by atoms with van der Waals surface area (Å²) in [6.07, 6.45) is 2.13. The van der Waals surface area contributed by atoms with Crippen molar-refractivity contribution in [3.63, 3.8) is 0 Å². The number of thiophene rings is 1. The number of hydrogen-bond donors (Lipinski definition) is 1. The fourth-order valence-corrected chi connectivity index (χ4v) is 3.17. The summed E-state index contributed by atoms with van der Waals surface area (Å²) >= 11 is 1.78. The van der Waals surface area contributed by atoms with Crippen LogP contribution < -0.4 is 10.2 Å². The molecule has 0 amide bonds. The van der Waals surface area contributed by atoms with Crippen molar-refractivity contribution in [2.45, 2.75) is 40.5 Å². The number of aromatic nitrogens is 2. The van der Waals surface area contributed by atoms with Gasteiger partial charge in [0.05, 0.1) is 5.39 Å². The van der Waals surface area contributed by atoms with E-state index >= 15 is 0 Å². The third kappa shape index (κ3) is 3.03. The largest absolute Gasteiger partial charge is 0.356 e. The van der Waals surface area contributed by atoms with Crippen LogP contribution in [0.3, 0.4) is 0 Å². The average Bonchev–Trinajstić information content (AvgIpc) is 2.89. The van der Waals surface area contributed by atoms with Crippen LogP contribution in [0.4, 0.5) is 11.8 Å². The Bertz CT molecular complexity index is 560. The van der Waals surface area contributed by atoms with Gasteiger partial charge in [0.1, 0.15) is 10.6 Å². The number of nitrogens with zero attached hydrogens (tertiary/aromatic N) is 3. The molecule has 110 valence electrons. The molecular formula is C15H24N4S. The standard InChI is InChI=1S/C15H24N4S/c1-5-9-16-15-17-13(19(7-3)8-4)12-10-11(6-2)20-14(12)18-15/h10H,5-9H2,1-4H3,(H,16,17,18). The van der Waals surface area contributed by atoms with Crippen molar-refractivity contribution < 1.29 is 0 Å². The van der Waals surface area contributed by atoms with Crippen molar-refractivity contribution >= 4 is 33.3 Å². The van der Waals surface area contributed by atoms with E-state index in [1.807, 2.05) is 0 Å². The highest BCUT2D eigenvalue weighted by Gasteiger charge is 2.14. The van der Waals surface area contributed by atoms with E-state index in [0.717, 1.165) is 49.1 Å². The third-order valence-corrected chi connectivity index (χ3v) is 4.54. The van der Waals surface area contributed by atoms with Crippen LogP contribution >= 0.6 is 11.3 Å². The van der Waals surface area contributed by atoms with Crippen LogP contribution in [0.15, 0.2) is 6.07 Å². The first-order valence-electron chi connectivity index (χ1n) is 7.52. The van der Waals surface area contributed by atoms with Gasteiger partial charge in [-0.25, -0.2) is 4.98 Å². The Morgan fingerprint density at radius 2 is 1.90 bits per heavy atom. The molecule has 5 heteroatoms. The summed E-state index contributed by atoms with van der Waals surface area (Å²) in [5, 5.41) is 4.51. The highest BCUT2D eigenvalue weighted by Crippen LogP contribution is 2.32. The van der Waals surface area contributed by atoms with Gasteiger partial charge in [-0.2, -0.15) is 4.98 Å². The van der Waals surface area contributed by atoms with Crippen molar-refractivity contribution in [3.8, 4) is 0 Å². The lowest BCUT2D eigenvalue weighted by Crippen LogP contribution is -2.23. The van der Waals surface area contributed by atoms with Crippen LogP contribution in [0, 0.1) is 0 Å². The summed E-state index contributed by atoms with van der Waals surface area (Å²) in [5.74, 6) is 1.82. The number of fused-ring (bicyclic) bond motifs is 1. The van der Waals surface area contributed by atoms with Gasteiger partial charge in [-0.05, 0) is 32.8 Å². The van der Waals surface area contributed by atoms with Crippen LogP contribution in [0.5, 0.6) is 0 Å².